The van der Waals surface area contributed by atoms with E-state index in [4.69, 9.17) is 14.2 Å². The molecule has 0 unspecified atom stereocenters. The van der Waals surface area contributed by atoms with Crippen LogP contribution in [0.15, 0.2) is 0 Å². The highest BCUT2D eigenvalue weighted by Crippen LogP contribution is 2.22. The number of carbonyl (C=O) groups is 3. The maximum Gasteiger partial charge on any atom is 0.410 e. The molecule has 0 radical (unpaired) electrons. The molecule has 2 amide bonds. The molecule has 2 aliphatic heterocycles. The number of ether oxygens (including phenoxy) is 3. The van der Waals surface area contributed by atoms with Gasteiger partial charge in [0.25, 0.3) is 5.91 Å². The van der Waals surface area contributed by atoms with Crippen LogP contribution in [0.2, 0.25) is 0 Å². The lowest BCUT2D eigenvalue weighted by atomic mass is 10.2. The molecule has 2 rings (SSSR count). The topological polar surface area (TPSA) is 106 Å². The first-order chi connectivity index (χ1) is 11.6. The Morgan fingerprint density at radius 3 is 2.48 bits per heavy atom. The van der Waals surface area contributed by atoms with Gasteiger partial charge in [-0.25, -0.2) is 9.59 Å². The van der Waals surface area contributed by atoms with Crippen molar-refractivity contribution in [1.82, 2.24) is 9.80 Å². The smallest absolute Gasteiger partial charge is 0.410 e. The molecule has 3 atom stereocenters. The summed E-state index contributed by atoms with van der Waals surface area (Å²) in [6.45, 7) is 5.87. The highest BCUT2D eigenvalue weighted by Gasteiger charge is 2.43. The van der Waals surface area contributed by atoms with Gasteiger partial charge in [0.1, 0.15) is 11.6 Å². The summed E-state index contributed by atoms with van der Waals surface area (Å²) in [5.41, 5.74) is -0.635. The minimum absolute atomic E-state index is 0.0326. The number of hydrogen-bond acceptors (Lipinski definition) is 7. The summed E-state index contributed by atoms with van der Waals surface area (Å²) in [6, 6.07) is -0.840. The second kappa shape index (κ2) is 7.57. The van der Waals surface area contributed by atoms with Crippen LogP contribution in [0, 0.1) is 0 Å². The zero-order chi connectivity index (χ0) is 18.8. The predicted octanol–water partition coefficient (Wildman–Crippen LogP) is -0.243. The number of nitrogens with zero attached hydrogens (tertiary/aromatic N) is 2. The summed E-state index contributed by atoms with van der Waals surface area (Å²) in [5.74, 6) is -1.02. The van der Waals surface area contributed by atoms with Crippen LogP contribution in [-0.2, 0) is 23.8 Å². The van der Waals surface area contributed by atoms with Crippen LogP contribution >= 0.6 is 0 Å². The van der Waals surface area contributed by atoms with E-state index in [2.05, 4.69) is 0 Å². The predicted molar refractivity (Wildman–Crippen MR) is 85.7 cm³/mol. The number of morpholine rings is 1. The molecular formula is C16H26N2O7. The molecule has 142 valence electrons. The number of aliphatic hydroxyl groups is 1. The lowest BCUT2D eigenvalue weighted by molar-refractivity contribution is -0.158. The normalized spacial score (nSPS) is 27.2. The minimum Gasteiger partial charge on any atom is -0.467 e. The molecular weight excluding hydrogens is 332 g/mol. The Morgan fingerprint density at radius 1 is 1.20 bits per heavy atom. The van der Waals surface area contributed by atoms with E-state index < -0.39 is 41.8 Å². The molecule has 2 heterocycles. The van der Waals surface area contributed by atoms with Crippen molar-refractivity contribution in [1.29, 1.82) is 0 Å². The number of likely N-dealkylation sites (tertiary alicyclic amines) is 1. The molecule has 9 heteroatoms. The Kier molecular flexibility index (Phi) is 5.89. The summed E-state index contributed by atoms with van der Waals surface area (Å²) in [4.78, 5) is 39.4. The van der Waals surface area contributed by atoms with E-state index in [1.165, 1.54) is 16.9 Å². The molecule has 2 saturated heterocycles. The van der Waals surface area contributed by atoms with Gasteiger partial charge in [0, 0.05) is 19.5 Å². The number of amides is 2. The van der Waals surface area contributed by atoms with E-state index >= 15 is 0 Å². The summed E-state index contributed by atoms with van der Waals surface area (Å²) in [6.07, 6.45) is -2.09. The van der Waals surface area contributed by atoms with Gasteiger partial charge in [-0.3, -0.25) is 4.79 Å². The van der Waals surface area contributed by atoms with Gasteiger partial charge in [-0.2, -0.15) is 0 Å². The largest absolute Gasteiger partial charge is 0.467 e. The van der Waals surface area contributed by atoms with Crippen molar-refractivity contribution in [3.8, 4) is 0 Å². The van der Waals surface area contributed by atoms with Gasteiger partial charge in [-0.15, -0.1) is 0 Å². The van der Waals surface area contributed by atoms with Crippen molar-refractivity contribution in [3.63, 3.8) is 0 Å². The first-order valence-corrected chi connectivity index (χ1v) is 8.28. The lowest BCUT2D eigenvalue weighted by Gasteiger charge is -2.35. The Hall–Kier alpha value is -1.87. The fourth-order valence-corrected chi connectivity index (χ4v) is 2.89. The molecule has 25 heavy (non-hydrogen) atoms. The van der Waals surface area contributed by atoms with Gasteiger partial charge in [-0.05, 0) is 20.8 Å². The maximum absolute atomic E-state index is 12.7. The molecule has 0 bridgehead atoms. The van der Waals surface area contributed by atoms with Gasteiger partial charge in [0.2, 0.25) is 0 Å². The summed E-state index contributed by atoms with van der Waals surface area (Å²) < 4.78 is 15.5. The van der Waals surface area contributed by atoms with Gasteiger partial charge in [0.15, 0.2) is 6.10 Å². The molecule has 0 aliphatic carbocycles. The van der Waals surface area contributed by atoms with E-state index in [1.54, 1.807) is 20.8 Å². The number of aliphatic hydroxyl groups excluding tert-OH is 1. The van der Waals surface area contributed by atoms with Crippen LogP contribution in [-0.4, -0.2) is 90.1 Å². The van der Waals surface area contributed by atoms with Gasteiger partial charge < -0.3 is 29.1 Å². The van der Waals surface area contributed by atoms with Gasteiger partial charge in [-0.1, -0.05) is 0 Å². The summed E-state index contributed by atoms with van der Waals surface area (Å²) in [5, 5.41) is 9.80. The third-order valence-corrected chi connectivity index (χ3v) is 4.03. The number of hydrogen-bond donors (Lipinski definition) is 1. The van der Waals surface area contributed by atoms with Crippen LogP contribution in [0.4, 0.5) is 4.79 Å². The Balaban J connectivity index is 2.03. The average Bonchev–Trinajstić information content (AvgIpc) is 2.93. The van der Waals surface area contributed by atoms with E-state index in [9.17, 15) is 19.5 Å². The highest BCUT2D eigenvalue weighted by molar-refractivity contribution is 5.88. The third kappa shape index (κ3) is 4.82. The quantitative estimate of drug-likeness (QED) is 0.679. The second-order valence-electron chi connectivity index (χ2n) is 7.20. The number of esters is 1. The molecule has 0 saturated carbocycles. The molecule has 0 aromatic carbocycles. The molecule has 0 aromatic rings. The number of β-amino-alcohol motifs (C(OH)–C–C–N with tert-alkyl or cyclic N) is 1. The Morgan fingerprint density at radius 2 is 1.88 bits per heavy atom. The number of carbonyl (C=O) groups excluding carboxylic acids is 3. The minimum atomic E-state index is -0.904. The molecule has 0 spiro atoms. The molecule has 9 nitrogen and oxygen atoms in total. The van der Waals surface area contributed by atoms with Crippen LogP contribution in [0.25, 0.3) is 0 Å². The fraction of sp³-hybridized carbons (Fsp3) is 0.812. The zero-order valence-corrected chi connectivity index (χ0v) is 15.1. The van der Waals surface area contributed by atoms with E-state index in [1.807, 2.05) is 0 Å². The van der Waals surface area contributed by atoms with Crippen LogP contribution < -0.4 is 0 Å². The van der Waals surface area contributed by atoms with Crippen LogP contribution in [0.1, 0.15) is 27.2 Å². The lowest BCUT2D eigenvalue weighted by Crippen LogP contribution is -2.55. The molecule has 0 aromatic heterocycles. The third-order valence-electron chi connectivity index (χ3n) is 4.03. The van der Waals surface area contributed by atoms with Crippen molar-refractivity contribution in [2.75, 3.05) is 33.4 Å². The Bertz CT molecular complexity index is 531. The summed E-state index contributed by atoms with van der Waals surface area (Å²) >= 11 is 0. The van der Waals surface area contributed by atoms with Crippen LogP contribution in [0.5, 0.6) is 0 Å². The SMILES string of the molecule is COC(=O)[C@H]1C[C@@H](O)CN1C(=O)[C@@H]1CN(C(=O)OC(C)(C)C)CCO1. The van der Waals surface area contributed by atoms with E-state index in [0.717, 1.165) is 0 Å². The molecule has 1 N–H and O–H groups in total. The monoisotopic (exact) mass is 358 g/mol. The number of rotatable bonds is 2. The highest BCUT2D eigenvalue weighted by atomic mass is 16.6. The molecule has 2 fully saturated rings. The van der Waals surface area contributed by atoms with Crippen molar-refractivity contribution < 1.29 is 33.7 Å². The standard InChI is InChI=1S/C16H26N2O7/c1-16(2,3)25-15(22)17-5-6-24-12(9-17)13(20)18-8-10(19)7-11(18)14(21)23-4/h10-12,19H,5-9H2,1-4H3/t10-,11-,12+/m1/s1. The van der Waals surface area contributed by atoms with Crippen molar-refractivity contribution >= 4 is 18.0 Å². The summed E-state index contributed by atoms with van der Waals surface area (Å²) in [7, 11) is 1.23. The van der Waals surface area contributed by atoms with Gasteiger partial charge >= 0.3 is 12.1 Å². The second-order valence-corrected chi connectivity index (χ2v) is 7.20. The van der Waals surface area contributed by atoms with E-state index in [-0.39, 0.29) is 26.1 Å². The van der Waals surface area contributed by atoms with E-state index in [0.29, 0.717) is 6.54 Å². The first-order valence-electron chi connectivity index (χ1n) is 8.28. The van der Waals surface area contributed by atoms with Gasteiger partial charge in [0.05, 0.1) is 26.4 Å². The fourth-order valence-electron chi connectivity index (χ4n) is 2.89. The van der Waals surface area contributed by atoms with Crippen LogP contribution in [0.3, 0.4) is 0 Å². The average molecular weight is 358 g/mol. The Labute approximate surface area is 146 Å². The van der Waals surface area contributed by atoms with Crippen molar-refractivity contribution in [2.24, 2.45) is 0 Å². The van der Waals surface area contributed by atoms with Crippen molar-refractivity contribution in [2.45, 2.75) is 51.0 Å². The number of methoxy groups -OCH3 is 1. The van der Waals surface area contributed by atoms with Crippen molar-refractivity contribution in [3.05, 3.63) is 0 Å². The zero-order valence-electron chi connectivity index (χ0n) is 15.1. The molecule has 2 aliphatic rings. The first kappa shape index (κ1) is 19.5. The maximum atomic E-state index is 12.7.